The van der Waals surface area contributed by atoms with Gasteiger partial charge in [0.05, 0.1) is 6.61 Å². The Bertz CT molecular complexity index is 178. The van der Waals surface area contributed by atoms with Crippen molar-refractivity contribution in [3.63, 3.8) is 0 Å². The monoisotopic (exact) mass is 259 g/mol. The molecule has 0 amide bonds. The molecule has 1 saturated heterocycles. The first-order valence-electron chi connectivity index (χ1n) is 7.41. The molecule has 4 heteroatoms. The van der Waals surface area contributed by atoms with E-state index >= 15 is 0 Å². The molecule has 18 heavy (non-hydrogen) atoms. The summed E-state index contributed by atoms with van der Waals surface area (Å²) in [7, 11) is 0. The fourth-order valence-electron chi connectivity index (χ4n) is 2.26. The molecule has 1 fully saturated rings. The van der Waals surface area contributed by atoms with E-state index in [2.05, 4.69) is 5.32 Å². The van der Waals surface area contributed by atoms with Gasteiger partial charge in [-0.15, -0.1) is 0 Å². The maximum absolute atomic E-state index is 5.66. The molecule has 0 radical (unpaired) electrons. The van der Waals surface area contributed by atoms with Crippen LogP contribution in [0.1, 0.15) is 46.0 Å². The third kappa shape index (κ3) is 7.31. The quantitative estimate of drug-likeness (QED) is 0.483. The highest BCUT2D eigenvalue weighted by Crippen LogP contribution is 2.10. The number of hydrogen-bond acceptors (Lipinski definition) is 4. The van der Waals surface area contributed by atoms with Crippen LogP contribution in [0.2, 0.25) is 0 Å². The number of ether oxygens (including phenoxy) is 3. The smallest absolute Gasteiger partial charge is 0.159 e. The van der Waals surface area contributed by atoms with Gasteiger partial charge in [-0.1, -0.05) is 6.42 Å². The molecule has 4 nitrogen and oxygen atoms in total. The first-order valence-corrected chi connectivity index (χ1v) is 7.41. The Morgan fingerprint density at radius 1 is 1.11 bits per heavy atom. The zero-order valence-electron chi connectivity index (χ0n) is 12.0. The molecule has 1 aliphatic rings. The van der Waals surface area contributed by atoms with Crippen molar-refractivity contribution in [3.05, 3.63) is 0 Å². The summed E-state index contributed by atoms with van der Waals surface area (Å²) in [5, 5.41) is 3.53. The Hall–Kier alpha value is -0.160. The van der Waals surface area contributed by atoms with Gasteiger partial charge in [0.2, 0.25) is 0 Å². The SMILES string of the molecule is CCOC(CCOCCC1CCCCN1)OCC. The zero-order valence-corrected chi connectivity index (χ0v) is 12.0. The molecule has 1 unspecified atom stereocenters. The van der Waals surface area contributed by atoms with Gasteiger partial charge in [0.1, 0.15) is 0 Å². The van der Waals surface area contributed by atoms with Gasteiger partial charge in [0.25, 0.3) is 0 Å². The lowest BCUT2D eigenvalue weighted by Crippen LogP contribution is -2.34. The van der Waals surface area contributed by atoms with Crippen LogP contribution in [0.25, 0.3) is 0 Å². The summed E-state index contributed by atoms with van der Waals surface area (Å²) in [6.07, 6.45) is 5.81. The number of nitrogens with one attached hydrogen (secondary N) is 1. The average molecular weight is 259 g/mol. The fourth-order valence-corrected chi connectivity index (χ4v) is 2.26. The van der Waals surface area contributed by atoms with Gasteiger partial charge in [-0.3, -0.25) is 0 Å². The van der Waals surface area contributed by atoms with Crippen molar-refractivity contribution < 1.29 is 14.2 Å². The Morgan fingerprint density at radius 3 is 2.50 bits per heavy atom. The van der Waals surface area contributed by atoms with Gasteiger partial charge in [-0.25, -0.2) is 0 Å². The van der Waals surface area contributed by atoms with E-state index in [1.807, 2.05) is 13.8 Å². The minimum atomic E-state index is -0.104. The Balaban J connectivity index is 1.95. The average Bonchev–Trinajstić information content (AvgIpc) is 2.40. The van der Waals surface area contributed by atoms with Crippen LogP contribution in [0.5, 0.6) is 0 Å². The van der Waals surface area contributed by atoms with Gasteiger partial charge in [-0.2, -0.15) is 0 Å². The van der Waals surface area contributed by atoms with Crippen molar-refractivity contribution in [1.29, 1.82) is 0 Å². The molecule has 1 aliphatic heterocycles. The lowest BCUT2D eigenvalue weighted by Gasteiger charge is -2.23. The van der Waals surface area contributed by atoms with Crippen LogP contribution in [-0.2, 0) is 14.2 Å². The maximum Gasteiger partial charge on any atom is 0.159 e. The van der Waals surface area contributed by atoms with Crippen LogP contribution < -0.4 is 5.32 Å². The van der Waals surface area contributed by atoms with E-state index in [1.165, 1.54) is 25.8 Å². The topological polar surface area (TPSA) is 39.7 Å². The molecular weight excluding hydrogens is 230 g/mol. The first kappa shape index (κ1) is 15.9. The summed E-state index contributed by atoms with van der Waals surface area (Å²) in [6.45, 7) is 8.08. The van der Waals surface area contributed by atoms with Gasteiger partial charge in [0, 0.05) is 32.3 Å². The van der Waals surface area contributed by atoms with Gasteiger partial charge in [-0.05, 0) is 39.7 Å². The molecular formula is C14H29NO3. The molecule has 1 N–H and O–H groups in total. The molecule has 108 valence electrons. The molecule has 1 rings (SSSR count). The highest BCUT2D eigenvalue weighted by atomic mass is 16.7. The minimum absolute atomic E-state index is 0.104. The Morgan fingerprint density at radius 2 is 1.89 bits per heavy atom. The molecule has 0 bridgehead atoms. The molecule has 0 aromatic heterocycles. The van der Waals surface area contributed by atoms with E-state index in [9.17, 15) is 0 Å². The highest BCUT2D eigenvalue weighted by Gasteiger charge is 2.12. The summed E-state index contributed by atoms with van der Waals surface area (Å²) in [4.78, 5) is 0. The van der Waals surface area contributed by atoms with Crippen molar-refractivity contribution in [2.45, 2.75) is 58.3 Å². The van der Waals surface area contributed by atoms with E-state index in [0.29, 0.717) is 19.3 Å². The molecule has 0 aromatic rings. The van der Waals surface area contributed by atoms with Gasteiger partial charge in [0.15, 0.2) is 6.29 Å². The largest absolute Gasteiger partial charge is 0.381 e. The fraction of sp³-hybridized carbons (Fsp3) is 1.00. The minimum Gasteiger partial charge on any atom is -0.381 e. The number of piperidine rings is 1. The van der Waals surface area contributed by atoms with Crippen LogP contribution >= 0.6 is 0 Å². The summed E-state index contributed by atoms with van der Waals surface area (Å²) in [5.74, 6) is 0. The normalized spacial score (nSPS) is 20.5. The molecule has 0 aliphatic carbocycles. The molecule has 1 heterocycles. The Kier molecular flexibility index (Phi) is 9.48. The Labute approximate surface area is 111 Å². The van der Waals surface area contributed by atoms with E-state index in [-0.39, 0.29) is 6.29 Å². The lowest BCUT2D eigenvalue weighted by atomic mass is 10.0. The van der Waals surface area contributed by atoms with Gasteiger partial charge < -0.3 is 19.5 Å². The van der Waals surface area contributed by atoms with Crippen molar-refractivity contribution in [2.75, 3.05) is 33.0 Å². The molecule has 0 aromatic carbocycles. The third-order valence-corrected chi connectivity index (χ3v) is 3.23. The summed E-state index contributed by atoms with van der Waals surface area (Å²) >= 11 is 0. The lowest BCUT2D eigenvalue weighted by molar-refractivity contribution is -0.146. The van der Waals surface area contributed by atoms with E-state index in [0.717, 1.165) is 26.1 Å². The second-order valence-electron chi connectivity index (χ2n) is 4.68. The van der Waals surface area contributed by atoms with E-state index < -0.39 is 0 Å². The van der Waals surface area contributed by atoms with E-state index in [1.54, 1.807) is 0 Å². The zero-order chi connectivity index (χ0) is 13.1. The first-order chi connectivity index (χ1) is 8.86. The number of hydrogen-bond donors (Lipinski definition) is 1. The summed E-state index contributed by atoms with van der Waals surface area (Å²) in [6, 6.07) is 0.660. The van der Waals surface area contributed by atoms with Crippen molar-refractivity contribution >= 4 is 0 Å². The predicted molar refractivity (Wildman–Crippen MR) is 72.7 cm³/mol. The van der Waals surface area contributed by atoms with Crippen molar-refractivity contribution in [3.8, 4) is 0 Å². The molecule has 0 saturated carbocycles. The van der Waals surface area contributed by atoms with Crippen molar-refractivity contribution in [1.82, 2.24) is 5.32 Å². The van der Waals surface area contributed by atoms with Crippen LogP contribution in [0.15, 0.2) is 0 Å². The van der Waals surface area contributed by atoms with Crippen LogP contribution in [0.4, 0.5) is 0 Å². The predicted octanol–water partition coefficient (Wildman–Crippen LogP) is 2.32. The van der Waals surface area contributed by atoms with Crippen LogP contribution in [0.3, 0.4) is 0 Å². The van der Waals surface area contributed by atoms with Crippen LogP contribution in [0, 0.1) is 0 Å². The summed E-state index contributed by atoms with van der Waals surface area (Å²) in [5.41, 5.74) is 0. The molecule has 1 atom stereocenters. The van der Waals surface area contributed by atoms with E-state index in [4.69, 9.17) is 14.2 Å². The van der Waals surface area contributed by atoms with Crippen molar-refractivity contribution in [2.24, 2.45) is 0 Å². The highest BCUT2D eigenvalue weighted by molar-refractivity contribution is 4.71. The second-order valence-corrected chi connectivity index (χ2v) is 4.68. The molecule has 0 spiro atoms. The number of rotatable bonds is 10. The van der Waals surface area contributed by atoms with Gasteiger partial charge >= 0.3 is 0 Å². The standard InChI is InChI=1S/C14H29NO3/c1-3-17-14(18-4-2)9-12-16-11-8-13-7-5-6-10-15-13/h13-15H,3-12H2,1-2H3. The van der Waals surface area contributed by atoms with Crippen LogP contribution in [-0.4, -0.2) is 45.3 Å². The maximum atomic E-state index is 5.66. The third-order valence-electron chi connectivity index (χ3n) is 3.23. The second kappa shape index (κ2) is 10.7. The summed E-state index contributed by atoms with van der Waals surface area (Å²) < 4.78 is 16.6.